The Balaban J connectivity index is 1.98. The largest absolute Gasteiger partial charge is 0.396 e. The van der Waals surface area contributed by atoms with Crippen LogP contribution in [0.15, 0.2) is 4.52 Å². The van der Waals surface area contributed by atoms with Gasteiger partial charge in [0.05, 0.1) is 12.3 Å². The topological polar surface area (TPSA) is 75.4 Å². The molecule has 1 aromatic heterocycles. The molecule has 1 aliphatic carbocycles. The van der Waals surface area contributed by atoms with Crippen LogP contribution >= 0.6 is 0 Å². The smallest absolute Gasteiger partial charge is 0.256 e. The zero-order valence-corrected chi connectivity index (χ0v) is 9.54. The molecule has 0 aliphatic heterocycles. The molecule has 5 heteroatoms. The fourth-order valence-electron chi connectivity index (χ4n) is 1.73. The van der Waals surface area contributed by atoms with Crippen LogP contribution in [0.2, 0.25) is 0 Å². The molecule has 5 nitrogen and oxygen atoms in total. The molecular formula is C11H16N2O3. The molecule has 0 atom stereocenters. The van der Waals surface area contributed by atoms with Gasteiger partial charge in [-0.1, -0.05) is 5.16 Å². The van der Waals surface area contributed by atoms with E-state index in [2.05, 4.69) is 10.5 Å². The minimum atomic E-state index is -0.170. The van der Waals surface area contributed by atoms with Gasteiger partial charge in [-0.05, 0) is 26.7 Å². The summed E-state index contributed by atoms with van der Waals surface area (Å²) in [5, 5.41) is 15.7. The molecular weight excluding hydrogens is 208 g/mol. The van der Waals surface area contributed by atoms with E-state index >= 15 is 0 Å². The van der Waals surface area contributed by atoms with E-state index < -0.39 is 0 Å². The summed E-state index contributed by atoms with van der Waals surface area (Å²) in [6, 6.07) is 0. The van der Waals surface area contributed by atoms with Crippen molar-refractivity contribution in [2.75, 3.05) is 13.2 Å². The van der Waals surface area contributed by atoms with Crippen LogP contribution in [-0.2, 0) is 0 Å². The SMILES string of the molecule is Cc1noc(C)c1C(=O)NCC1(CO)CC1. The summed E-state index contributed by atoms with van der Waals surface area (Å²) in [7, 11) is 0. The molecule has 0 saturated heterocycles. The molecule has 0 radical (unpaired) electrons. The number of aliphatic hydroxyl groups is 1. The summed E-state index contributed by atoms with van der Waals surface area (Å²) in [6.07, 6.45) is 1.96. The Morgan fingerprint density at radius 3 is 2.69 bits per heavy atom. The van der Waals surface area contributed by atoms with Gasteiger partial charge in [0, 0.05) is 12.0 Å². The summed E-state index contributed by atoms with van der Waals surface area (Å²) in [5.74, 6) is 0.361. The number of nitrogens with one attached hydrogen (secondary N) is 1. The fourth-order valence-corrected chi connectivity index (χ4v) is 1.73. The zero-order chi connectivity index (χ0) is 11.8. The van der Waals surface area contributed by atoms with Crippen molar-refractivity contribution < 1.29 is 14.4 Å². The summed E-state index contributed by atoms with van der Waals surface area (Å²) in [6.45, 7) is 4.11. The Morgan fingerprint density at radius 1 is 1.56 bits per heavy atom. The maximum Gasteiger partial charge on any atom is 0.256 e. The Kier molecular flexibility index (Phi) is 2.71. The first kappa shape index (κ1) is 11.1. The normalized spacial score (nSPS) is 17.2. The second-order valence-corrected chi connectivity index (χ2v) is 4.54. The molecule has 1 heterocycles. The van der Waals surface area contributed by atoms with Crippen molar-refractivity contribution in [3.63, 3.8) is 0 Å². The number of aryl methyl sites for hydroxylation is 2. The van der Waals surface area contributed by atoms with E-state index in [9.17, 15) is 4.79 Å². The molecule has 1 aromatic rings. The summed E-state index contributed by atoms with van der Waals surface area (Å²) in [5.41, 5.74) is 1.03. The van der Waals surface area contributed by atoms with Crippen molar-refractivity contribution in [2.45, 2.75) is 26.7 Å². The number of carbonyl (C=O) groups is 1. The monoisotopic (exact) mass is 224 g/mol. The van der Waals surface area contributed by atoms with E-state index in [0.29, 0.717) is 23.6 Å². The van der Waals surface area contributed by atoms with E-state index in [1.165, 1.54) is 0 Å². The first-order valence-corrected chi connectivity index (χ1v) is 5.40. The zero-order valence-electron chi connectivity index (χ0n) is 9.54. The molecule has 0 spiro atoms. The molecule has 1 amide bonds. The van der Waals surface area contributed by atoms with E-state index in [-0.39, 0.29) is 17.9 Å². The molecule has 88 valence electrons. The van der Waals surface area contributed by atoms with Crippen LogP contribution in [0.3, 0.4) is 0 Å². The number of aliphatic hydroxyl groups excluding tert-OH is 1. The Labute approximate surface area is 93.8 Å². The van der Waals surface area contributed by atoms with Gasteiger partial charge in [0.1, 0.15) is 11.3 Å². The molecule has 16 heavy (non-hydrogen) atoms. The first-order chi connectivity index (χ1) is 7.58. The van der Waals surface area contributed by atoms with Gasteiger partial charge in [-0.15, -0.1) is 0 Å². The van der Waals surface area contributed by atoms with Gasteiger partial charge in [-0.3, -0.25) is 4.79 Å². The van der Waals surface area contributed by atoms with E-state index in [4.69, 9.17) is 9.63 Å². The second-order valence-electron chi connectivity index (χ2n) is 4.54. The Bertz CT molecular complexity index is 388. The average Bonchev–Trinajstić information content (AvgIpc) is 2.97. The highest BCUT2D eigenvalue weighted by atomic mass is 16.5. The van der Waals surface area contributed by atoms with Crippen LogP contribution in [-0.4, -0.2) is 29.3 Å². The van der Waals surface area contributed by atoms with Crippen LogP contribution in [0.25, 0.3) is 0 Å². The number of nitrogens with zero attached hydrogens (tertiary/aromatic N) is 1. The molecule has 2 rings (SSSR count). The maximum atomic E-state index is 11.8. The standard InChI is InChI=1S/C11H16N2O3/c1-7-9(8(2)16-13-7)10(15)12-5-11(6-14)3-4-11/h14H,3-6H2,1-2H3,(H,12,15). The summed E-state index contributed by atoms with van der Waals surface area (Å²) in [4.78, 5) is 11.8. The number of amides is 1. The van der Waals surface area contributed by atoms with E-state index in [1.807, 2.05) is 0 Å². The van der Waals surface area contributed by atoms with Gasteiger partial charge < -0.3 is 14.9 Å². The van der Waals surface area contributed by atoms with E-state index in [1.54, 1.807) is 13.8 Å². The maximum absolute atomic E-state index is 11.8. The highest BCUT2D eigenvalue weighted by Gasteiger charge is 2.42. The average molecular weight is 224 g/mol. The lowest BCUT2D eigenvalue weighted by Gasteiger charge is -2.12. The van der Waals surface area contributed by atoms with Gasteiger partial charge in [0.15, 0.2) is 0 Å². The van der Waals surface area contributed by atoms with Gasteiger partial charge >= 0.3 is 0 Å². The molecule has 0 unspecified atom stereocenters. The minimum absolute atomic E-state index is 0.0748. The van der Waals surface area contributed by atoms with Gasteiger partial charge in [0.25, 0.3) is 5.91 Å². The van der Waals surface area contributed by atoms with Crippen LogP contribution in [0.4, 0.5) is 0 Å². The lowest BCUT2D eigenvalue weighted by atomic mass is 10.1. The van der Waals surface area contributed by atoms with Gasteiger partial charge in [-0.2, -0.15) is 0 Å². The van der Waals surface area contributed by atoms with E-state index in [0.717, 1.165) is 12.8 Å². The Morgan fingerprint density at radius 2 is 2.25 bits per heavy atom. The molecule has 0 aromatic carbocycles. The second kappa shape index (κ2) is 3.90. The lowest BCUT2D eigenvalue weighted by Crippen LogP contribution is -2.32. The van der Waals surface area contributed by atoms with Crippen molar-refractivity contribution >= 4 is 5.91 Å². The fraction of sp³-hybridized carbons (Fsp3) is 0.636. The predicted octanol–water partition coefficient (Wildman–Crippen LogP) is 0.794. The molecule has 1 saturated carbocycles. The van der Waals surface area contributed by atoms with Crippen LogP contribution in [0.5, 0.6) is 0 Å². The van der Waals surface area contributed by atoms with Crippen molar-refractivity contribution in [3.8, 4) is 0 Å². The van der Waals surface area contributed by atoms with Crippen LogP contribution < -0.4 is 5.32 Å². The van der Waals surface area contributed by atoms with Crippen LogP contribution in [0, 0.1) is 19.3 Å². The van der Waals surface area contributed by atoms with Crippen molar-refractivity contribution in [1.29, 1.82) is 0 Å². The quantitative estimate of drug-likeness (QED) is 0.793. The number of rotatable bonds is 4. The van der Waals surface area contributed by atoms with Crippen molar-refractivity contribution in [1.82, 2.24) is 10.5 Å². The third-order valence-corrected chi connectivity index (χ3v) is 3.18. The van der Waals surface area contributed by atoms with Crippen LogP contribution in [0.1, 0.15) is 34.7 Å². The predicted molar refractivity (Wildman–Crippen MR) is 57.1 cm³/mol. The van der Waals surface area contributed by atoms with Crippen molar-refractivity contribution in [2.24, 2.45) is 5.41 Å². The molecule has 2 N–H and O–H groups in total. The summed E-state index contributed by atoms with van der Waals surface area (Å²) < 4.78 is 4.93. The summed E-state index contributed by atoms with van der Waals surface area (Å²) >= 11 is 0. The number of hydrogen-bond acceptors (Lipinski definition) is 4. The van der Waals surface area contributed by atoms with Gasteiger partial charge in [0.2, 0.25) is 0 Å². The molecule has 1 fully saturated rings. The number of carbonyl (C=O) groups excluding carboxylic acids is 1. The lowest BCUT2D eigenvalue weighted by molar-refractivity contribution is 0.0933. The first-order valence-electron chi connectivity index (χ1n) is 5.40. The van der Waals surface area contributed by atoms with Crippen molar-refractivity contribution in [3.05, 3.63) is 17.0 Å². The number of hydrogen-bond donors (Lipinski definition) is 2. The highest BCUT2D eigenvalue weighted by Crippen LogP contribution is 2.44. The number of aromatic nitrogens is 1. The Hall–Kier alpha value is -1.36. The molecule has 0 bridgehead atoms. The third-order valence-electron chi connectivity index (χ3n) is 3.18. The molecule has 1 aliphatic rings. The van der Waals surface area contributed by atoms with Gasteiger partial charge in [-0.25, -0.2) is 0 Å². The minimum Gasteiger partial charge on any atom is -0.396 e. The highest BCUT2D eigenvalue weighted by molar-refractivity contribution is 5.96. The third kappa shape index (κ3) is 1.95.